The number of sulfonamides is 1. The van der Waals surface area contributed by atoms with Gasteiger partial charge in [0.25, 0.3) is 10.0 Å². The molecular weight excluding hydrogens is 380 g/mol. The molecule has 154 valence electrons. The monoisotopic (exact) mass is 408 g/mol. The summed E-state index contributed by atoms with van der Waals surface area (Å²) >= 11 is 0. The van der Waals surface area contributed by atoms with Crippen molar-refractivity contribution in [3.8, 4) is 0 Å². The lowest BCUT2D eigenvalue weighted by Crippen LogP contribution is -2.44. The molecule has 0 aliphatic carbocycles. The van der Waals surface area contributed by atoms with Crippen molar-refractivity contribution in [1.29, 1.82) is 0 Å². The number of benzene rings is 1. The fourth-order valence-corrected chi connectivity index (χ4v) is 4.69. The van der Waals surface area contributed by atoms with Crippen LogP contribution in [-0.4, -0.2) is 47.4 Å². The molecule has 1 aromatic rings. The molecule has 2 unspecified atom stereocenters. The second kappa shape index (κ2) is 7.95. The van der Waals surface area contributed by atoms with Gasteiger partial charge in [0.2, 0.25) is 0 Å². The zero-order valence-corrected chi connectivity index (χ0v) is 17.8. The van der Waals surface area contributed by atoms with Crippen LogP contribution in [0.1, 0.15) is 46.1 Å². The number of hydrogen-bond donors (Lipinski definition) is 0. The third-order valence-electron chi connectivity index (χ3n) is 4.39. The summed E-state index contributed by atoms with van der Waals surface area (Å²) in [7, 11) is -4.16. The van der Waals surface area contributed by atoms with E-state index < -0.39 is 39.8 Å². The molecule has 2 atom stereocenters. The van der Waals surface area contributed by atoms with E-state index in [0.29, 0.717) is 12.8 Å². The Bertz CT molecular complexity index is 856. The van der Waals surface area contributed by atoms with Gasteiger partial charge in [-0.3, -0.25) is 0 Å². The van der Waals surface area contributed by atoms with Crippen LogP contribution in [0, 0.1) is 6.92 Å². The van der Waals surface area contributed by atoms with Gasteiger partial charge in [-0.15, -0.1) is 6.58 Å². The standard InChI is InChI=1S/C20H28N2O5S/c1-7-9-17-16(8-2)22(18(23)21(17)19(24)27-20(4,5)6)28(25,26)15-12-10-14(3)11-13-15/h8,10-13,16-17H,2,7,9H2,1,3-6H3. The molecule has 1 saturated heterocycles. The fourth-order valence-electron chi connectivity index (χ4n) is 3.14. The van der Waals surface area contributed by atoms with Gasteiger partial charge in [-0.05, 0) is 46.2 Å². The van der Waals surface area contributed by atoms with Gasteiger partial charge in [0.15, 0.2) is 0 Å². The first kappa shape index (κ1) is 21.9. The molecule has 1 aromatic carbocycles. The minimum Gasteiger partial charge on any atom is -0.443 e. The molecule has 0 bridgehead atoms. The van der Waals surface area contributed by atoms with E-state index in [9.17, 15) is 18.0 Å². The SMILES string of the molecule is C=CC1C(CCC)N(C(=O)OC(C)(C)C)C(=O)N1S(=O)(=O)c1ccc(C)cc1. The lowest BCUT2D eigenvalue weighted by molar-refractivity contribution is 0.0287. The molecule has 8 heteroatoms. The summed E-state index contributed by atoms with van der Waals surface area (Å²) in [6, 6.07) is 3.75. The maximum atomic E-state index is 13.2. The lowest BCUT2D eigenvalue weighted by Gasteiger charge is -2.27. The highest BCUT2D eigenvalue weighted by molar-refractivity contribution is 7.89. The number of amides is 3. The van der Waals surface area contributed by atoms with E-state index in [1.807, 2.05) is 13.8 Å². The quantitative estimate of drug-likeness (QED) is 0.686. The molecule has 0 radical (unpaired) electrons. The average molecular weight is 409 g/mol. The summed E-state index contributed by atoms with van der Waals surface area (Å²) in [5, 5.41) is 0. The van der Waals surface area contributed by atoms with E-state index in [1.54, 1.807) is 32.9 Å². The largest absolute Gasteiger partial charge is 0.443 e. The molecule has 1 aliphatic rings. The van der Waals surface area contributed by atoms with Gasteiger partial charge in [0, 0.05) is 0 Å². The molecular formula is C20H28N2O5S. The maximum Gasteiger partial charge on any atom is 0.418 e. The smallest absolute Gasteiger partial charge is 0.418 e. The summed E-state index contributed by atoms with van der Waals surface area (Å²) in [5.74, 6) is 0. The molecule has 0 saturated carbocycles. The van der Waals surface area contributed by atoms with Gasteiger partial charge in [0.1, 0.15) is 5.60 Å². The molecule has 0 spiro atoms. The van der Waals surface area contributed by atoms with Gasteiger partial charge >= 0.3 is 12.1 Å². The Labute approximate surface area is 167 Å². The van der Waals surface area contributed by atoms with E-state index in [-0.39, 0.29) is 4.90 Å². The summed E-state index contributed by atoms with van der Waals surface area (Å²) in [6.45, 7) is 12.5. The number of ether oxygens (including phenoxy) is 1. The molecule has 0 N–H and O–H groups in total. The van der Waals surface area contributed by atoms with Crippen molar-refractivity contribution in [3.05, 3.63) is 42.5 Å². The molecule has 1 fully saturated rings. The molecule has 3 amide bonds. The summed E-state index contributed by atoms with van der Waals surface area (Å²) in [5.41, 5.74) is 0.0762. The topological polar surface area (TPSA) is 84.0 Å². The first-order valence-corrected chi connectivity index (χ1v) is 10.7. The van der Waals surface area contributed by atoms with Crippen molar-refractivity contribution >= 4 is 22.1 Å². The first-order chi connectivity index (χ1) is 12.9. The number of hydrogen-bond acceptors (Lipinski definition) is 5. The van der Waals surface area contributed by atoms with Crippen molar-refractivity contribution in [2.45, 2.75) is 70.0 Å². The fraction of sp³-hybridized carbons (Fsp3) is 0.500. The zero-order valence-electron chi connectivity index (χ0n) is 17.0. The van der Waals surface area contributed by atoms with Crippen LogP contribution in [0.2, 0.25) is 0 Å². The van der Waals surface area contributed by atoms with E-state index >= 15 is 0 Å². The number of aryl methyl sites for hydroxylation is 1. The molecule has 28 heavy (non-hydrogen) atoms. The number of imide groups is 1. The number of nitrogens with zero attached hydrogens (tertiary/aromatic N) is 2. The van der Waals surface area contributed by atoms with Crippen LogP contribution in [0.3, 0.4) is 0 Å². The molecule has 1 aliphatic heterocycles. The molecule has 2 rings (SSSR count). The van der Waals surface area contributed by atoms with E-state index in [2.05, 4.69) is 6.58 Å². The highest BCUT2D eigenvalue weighted by atomic mass is 32.2. The summed E-state index contributed by atoms with van der Waals surface area (Å²) in [4.78, 5) is 26.7. The summed E-state index contributed by atoms with van der Waals surface area (Å²) in [6.07, 6.45) is 1.63. The van der Waals surface area contributed by atoms with E-state index in [1.165, 1.54) is 18.2 Å². The molecule has 1 heterocycles. The third-order valence-corrected chi connectivity index (χ3v) is 6.17. The Morgan fingerprint density at radius 3 is 2.29 bits per heavy atom. The van der Waals surface area contributed by atoms with Crippen molar-refractivity contribution in [3.63, 3.8) is 0 Å². The average Bonchev–Trinajstić information content (AvgIpc) is 2.86. The van der Waals surface area contributed by atoms with Crippen LogP contribution < -0.4 is 0 Å². The second-order valence-electron chi connectivity index (χ2n) is 7.83. The molecule has 0 aromatic heterocycles. The predicted octanol–water partition coefficient (Wildman–Crippen LogP) is 4.08. The Morgan fingerprint density at radius 2 is 1.82 bits per heavy atom. The van der Waals surface area contributed by atoms with Crippen LogP contribution in [-0.2, 0) is 14.8 Å². The number of rotatable bonds is 5. The van der Waals surface area contributed by atoms with Gasteiger partial charge in [-0.25, -0.2) is 27.2 Å². The minimum atomic E-state index is -4.16. The number of urea groups is 1. The third kappa shape index (κ3) is 4.22. The lowest BCUT2D eigenvalue weighted by atomic mass is 10.0. The van der Waals surface area contributed by atoms with Crippen LogP contribution in [0.25, 0.3) is 0 Å². The second-order valence-corrected chi connectivity index (χ2v) is 9.64. The summed E-state index contributed by atoms with van der Waals surface area (Å²) < 4.78 is 32.5. The normalized spacial score (nSPS) is 20.4. The zero-order chi connectivity index (χ0) is 21.3. The Kier molecular flexibility index (Phi) is 6.23. The number of carbonyl (C=O) groups is 2. The van der Waals surface area contributed by atoms with Crippen molar-refractivity contribution in [1.82, 2.24) is 9.21 Å². The Morgan fingerprint density at radius 1 is 1.25 bits per heavy atom. The van der Waals surface area contributed by atoms with Gasteiger partial charge in [-0.2, -0.15) is 0 Å². The highest BCUT2D eigenvalue weighted by Crippen LogP contribution is 2.33. The highest BCUT2D eigenvalue weighted by Gasteiger charge is 2.53. The van der Waals surface area contributed by atoms with Crippen molar-refractivity contribution in [2.24, 2.45) is 0 Å². The van der Waals surface area contributed by atoms with Crippen LogP contribution in [0.4, 0.5) is 9.59 Å². The van der Waals surface area contributed by atoms with Crippen LogP contribution in [0.5, 0.6) is 0 Å². The molecule has 7 nitrogen and oxygen atoms in total. The van der Waals surface area contributed by atoms with Gasteiger partial charge < -0.3 is 4.74 Å². The Balaban J connectivity index is 2.52. The van der Waals surface area contributed by atoms with Crippen molar-refractivity contribution in [2.75, 3.05) is 0 Å². The predicted molar refractivity (Wildman–Crippen MR) is 106 cm³/mol. The van der Waals surface area contributed by atoms with E-state index in [0.717, 1.165) is 14.8 Å². The number of carbonyl (C=O) groups excluding carboxylic acids is 2. The van der Waals surface area contributed by atoms with Crippen LogP contribution in [0.15, 0.2) is 41.8 Å². The maximum absolute atomic E-state index is 13.2. The first-order valence-electron chi connectivity index (χ1n) is 9.24. The van der Waals surface area contributed by atoms with Crippen molar-refractivity contribution < 1.29 is 22.7 Å². The van der Waals surface area contributed by atoms with Gasteiger partial charge in [-0.1, -0.05) is 37.1 Å². The van der Waals surface area contributed by atoms with E-state index in [4.69, 9.17) is 4.74 Å². The minimum absolute atomic E-state index is 0.0143. The van der Waals surface area contributed by atoms with Crippen LogP contribution >= 0.6 is 0 Å². The van der Waals surface area contributed by atoms with Gasteiger partial charge in [0.05, 0.1) is 17.0 Å². The Hall–Kier alpha value is -2.35.